The first kappa shape index (κ1) is 24.3. The van der Waals surface area contributed by atoms with Crippen molar-refractivity contribution >= 4 is 53.9 Å². The lowest BCUT2D eigenvalue weighted by Crippen LogP contribution is -2.63. The molecule has 9 nitrogen and oxygen atoms in total. The number of likely N-dealkylation sites (N-methyl/N-ethyl adjacent to an activating group) is 1. The lowest BCUT2D eigenvalue weighted by atomic mass is 9.72. The topological polar surface area (TPSA) is 126 Å². The van der Waals surface area contributed by atoms with Crippen LogP contribution in [0.4, 0.5) is 5.69 Å². The predicted octanol–water partition coefficient (Wildman–Crippen LogP) is 1.58. The Morgan fingerprint density at radius 1 is 1.30 bits per heavy atom. The minimum atomic E-state index is -1.43. The number of benzene rings is 1. The Morgan fingerprint density at radius 3 is 2.60 bits per heavy atom. The third kappa shape index (κ3) is 6.50. The number of anilines is 1. The summed E-state index contributed by atoms with van der Waals surface area (Å²) in [5, 5.41) is 18.4. The molecule has 1 heterocycles. The standard InChI is InChI=1S/C18H24BCl2N3O6/c1-9(2)6-13(19-29-16(17(26)27)15(22-3)18(28)30-19)24-14(25)8-23-12-7-10(20)4-5-11(12)21/h4-5,7,9,13,15-16,22-23H,6,8H2,1-3H3,(H,24,25)(H,26,27)/t13-,15+,16+/m0/s1. The van der Waals surface area contributed by atoms with Gasteiger partial charge in [-0.25, -0.2) is 4.79 Å². The zero-order chi connectivity index (χ0) is 22.4. The second-order valence-electron chi connectivity index (χ2n) is 7.25. The van der Waals surface area contributed by atoms with Crippen LogP contribution in [0.3, 0.4) is 0 Å². The van der Waals surface area contributed by atoms with E-state index in [4.69, 9.17) is 32.5 Å². The van der Waals surface area contributed by atoms with Gasteiger partial charge in [-0.1, -0.05) is 37.0 Å². The SMILES string of the molecule is CN[C@H]1C(=O)OB([C@H](CC(C)C)NC(=O)CNc2cc(Cl)ccc2Cl)O[C@H]1C(=O)O. The van der Waals surface area contributed by atoms with E-state index in [9.17, 15) is 19.5 Å². The first-order valence-electron chi connectivity index (χ1n) is 9.36. The molecule has 0 aliphatic carbocycles. The first-order chi connectivity index (χ1) is 14.1. The van der Waals surface area contributed by atoms with E-state index in [1.54, 1.807) is 18.2 Å². The molecule has 0 bridgehead atoms. The van der Waals surface area contributed by atoms with Gasteiger partial charge < -0.3 is 30.4 Å². The van der Waals surface area contributed by atoms with Crippen LogP contribution in [-0.4, -0.2) is 61.8 Å². The Morgan fingerprint density at radius 2 is 2.00 bits per heavy atom. The number of carbonyl (C=O) groups is 3. The molecule has 0 aromatic heterocycles. The summed E-state index contributed by atoms with van der Waals surface area (Å²) in [5.74, 6) is -3.11. The molecule has 2 rings (SSSR count). The number of aliphatic carboxylic acids is 1. The number of carboxylic acids is 1. The van der Waals surface area contributed by atoms with Crippen LogP contribution >= 0.6 is 23.2 Å². The number of carbonyl (C=O) groups excluding carboxylic acids is 2. The van der Waals surface area contributed by atoms with Crippen molar-refractivity contribution in [2.75, 3.05) is 18.9 Å². The number of amides is 1. The van der Waals surface area contributed by atoms with Crippen LogP contribution in [0.2, 0.25) is 10.0 Å². The molecule has 30 heavy (non-hydrogen) atoms. The van der Waals surface area contributed by atoms with Crippen LogP contribution < -0.4 is 16.0 Å². The molecule has 1 aliphatic rings. The molecule has 1 fully saturated rings. The first-order valence-corrected chi connectivity index (χ1v) is 10.1. The maximum Gasteiger partial charge on any atom is 0.552 e. The highest BCUT2D eigenvalue weighted by Gasteiger charge is 2.49. The van der Waals surface area contributed by atoms with Crippen molar-refractivity contribution in [1.82, 2.24) is 10.6 Å². The highest BCUT2D eigenvalue weighted by atomic mass is 35.5. The van der Waals surface area contributed by atoms with Crippen molar-refractivity contribution in [3.05, 3.63) is 28.2 Å². The van der Waals surface area contributed by atoms with Crippen LogP contribution in [0, 0.1) is 5.92 Å². The van der Waals surface area contributed by atoms with Crippen molar-refractivity contribution in [1.29, 1.82) is 0 Å². The zero-order valence-corrected chi connectivity index (χ0v) is 18.3. The number of halogens is 2. The normalized spacial score (nSPS) is 19.9. The lowest BCUT2D eigenvalue weighted by molar-refractivity contribution is -0.161. The summed E-state index contributed by atoms with van der Waals surface area (Å²) in [6, 6.07) is 3.68. The van der Waals surface area contributed by atoms with Gasteiger partial charge in [-0.15, -0.1) is 0 Å². The van der Waals surface area contributed by atoms with Gasteiger partial charge >= 0.3 is 19.1 Å². The van der Waals surface area contributed by atoms with Crippen LogP contribution in [-0.2, 0) is 23.7 Å². The summed E-state index contributed by atoms with van der Waals surface area (Å²) in [6.07, 6.45) is -1.03. The van der Waals surface area contributed by atoms with E-state index in [0.717, 1.165) is 0 Å². The van der Waals surface area contributed by atoms with Gasteiger partial charge in [0.25, 0.3) is 0 Å². The molecule has 1 aliphatic heterocycles. The van der Waals surface area contributed by atoms with E-state index in [1.165, 1.54) is 7.05 Å². The van der Waals surface area contributed by atoms with Gasteiger partial charge in [-0.2, -0.15) is 0 Å². The van der Waals surface area contributed by atoms with Crippen molar-refractivity contribution < 1.29 is 28.8 Å². The summed E-state index contributed by atoms with van der Waals surface area (Å²) < 4.78 is 10.8. The molecule has 1 aromatic carbocycles. The van der Waals surface area contributed by atoms with Crippen LogP contribution in [0.25, 0.3) is 0 Å². The molecular weight excluding hydrogens is 436 g/mol. The van der Waals surface area contributed by atoms with Gasteiger partial charge in [0.15, 0.2) is 6.10 Å². The second-order valence-corrected chi connectivity index (χ2v) is 8.09. The molecule has 0 unspecified atom stereocenters. The van der Waals surface area contributed by atoms with Gasteiger partial charge in [-0.3, -0.25) is 9.59 Å². The summed E-state index contributed by atoms with van der Waals surface area (Å²) >= 11 is 12.0. The molecule has 0 spiro atoms. The number of nitrogens with one attached hydrogen (secondary N) is 3. The fourth-order valence-electron chi connectivity index (χ4n) is 3.02. The minimum Gasteiger partial charge on any atom is -0.507 e. The Bertz CT molecular complexity index is 797. The zero-order valence-electron chi connectivity index (χ0n) is 16.8. The monoisotopic (exact) mass is 459 g/mol. The van der Waals surface area contributed by atoms with Crippen molar-refractivity contribution in [2.45, 2.75) is 38.4 Å². The second kappa shape index (κ2) is 10.9. The molecule has 164 valence electrons. The van der Waals surface area contributed by atoms with Crippen LogP contribution in [0.15, 0.2) is 18.2 Å². The molecule has 0 radical (unpaired) electrons. The quantitative estimate of drug-likeness (QED) is 0.410. The summed E-state index contributed by atoms with van der Waals surface area (Å²) in [6.45, 7) is 3.70. The number of hydrogen-bond donors (Lipinski definition) is 4. The smallest absolute Gasteiger partial charge is 0.507 e. The molecule has 0 saturated carbocycles. The van der Waals surface area contributed by atoms with E-state index >= 15 is 0 Å². The van der Waals surface area contributed by atoms with Crippen molar-refractivity contribution in [3.8, 4) is 0 Å². The average Bonchev–Trinajstić information content (AvgIpc) is 2.67. The van der Waals surface area contributed by atoms with E-state index < -0.39 is 43.1 Å². The fraction of sp³-hybridized carbons (Fsp3) is 0.500. The van der Waals surface area contributed by atoms with Crippen LogP contribution in [0.1, 0.15) is 20.3 Å². The van der Waals surface area contributed by atoms with Gasteiger partial charge in [-0.05, 0) is 37.6 Å². The van der Waals surface area contributed by atoms with Crippen molar-refractivity contribution in [2.24, 2.45) is 5.92 Å². The summed E-state index contributed by atoms with van der Waals surface area (Å²) in [5.41, 5.74) is 0.489. The Hall–Kier alpha value is -2.01. The summed E-state index contributed by atoms with van der Waals surface area (Å²) in [7, 11) is 0.204. The third-order valence-corrected chi connectivity index (χ3v) is 4.96. The van der Waals surface area contributed by atoms with Crippen LogP contribution in [0.5, 0.6) is 0 Å². The largest absolute Gasteiger partial charge is 0.552 e. The number of rotatable bonds is 9. The van der Waals surface area contributed by atoms with Crippen molar-refractivity contribution in [3.63, 3.8) is 0 Å². The minimum absolute atomic E-state index is 0.109. The van der Waals surface area contributed by atoms with E-state index in [0.29, 0.717) is 22.2 Å². The Labute approximate surface area is 184 Å². The Balaban J connectivity index is 2.07. The molecule has 3 atom stereocenters. The predicted molar refractivity (Wildman–Crippen MR) is 114 cm³/mol. The van der Waals surface area contributed by atoms with Gasteiger partial charge in [0.1, 0.15) is 6.04 Å². The molecule has 4 N–H and O–H groups in total. The van der Waals surface area contributed by atoms with E-state index in [1.807, 2.05) is 13.8 Å². The number of hydrogen-bond acceptors (Lipinski definition) is 7. The third-order valence-electron chi connectivity index (χ3n) is 4.39. The van der Waals surface area contributed by atoms with Gasteiger partial charge in [0.2, 0.25) is 5.91 Å². The molecular formula is C18H24BCl2N3O6. The average molecular weight is 460 g/mol. The van der Waals surface area contributed by atoms with E-state index in [2.05, 4.69) is 16.0 Å². The van der Waals surface area contributed by atoms with E-state index in [-0.39, 0.29) is 12.5 Å². The summed E-state index contributed by atoms with van der Waals surface area (Å²) in [4.78, 5) is 36.2. The lowest BCUT2D eigenvalue weighted by Gasteiger charge is -2.35. The highest BCUT2D eigenvalue weighted by molar-refractivity contribution is 6.50. The Kier molecular flexibility index (Phi) is 8.78. The maximum absolute atomic E-state index is 12.5. The maximum atomic E-state index is 12.5. The number of carboxylic acid groups (broad SMARTS) is 1. The fourth-order valence-corrected chi connectivity index (χ4v) is 3.38. The highest BCUT2D eigenvalue weighted by Crippen LogP contribution is 2.25. The van der Waals surface area contributed by atoms with Gasteiger partial charge in [0.05, 0.1) is 23.2 Å². The van der Waals surface area contributed by atoms with Gasteiger partial charge in [0, 0.05) is 5.02 Å². The molecule has 12 heteroatoms. The molecule has 1 aromatic rings. The molecule has 1 amide bonds. The molecule has 1 saturated heterocycles.